The normalized spacial score (nSPS) is 22.1. The van der Waals surface area contributed by atoms with Crippen LogP contribution < -0.4 is 5.32 Å². The average Bonchev–Trinajstić information content (AvgIpc) is 2.34. The second kappa shape index (κ2) is 5.87. The Labute approximate surface area is 107 Å². The lowest BCUT2D eigenvalue weighted by Crippen LogP contribution is -2.40. The number of benzene rings is 1. The number of anilines is 1. The summed E-state index contributed by atoms with van der Waals surface area (Å²) in [7, 11) is 1.73. The minimum absolute atomic E-state index is 0.275. The number of rotatable bonds is 5. The van der Waals surface area contributed by atoms with Gasteiger partial charge in [-0.2, -0.15) is 0 Å². The standard InChI is InChI=1S/C14H19NO3/c1-3-18-14(16)12-6-4-5-7-13(12)15-10-8-11(9-10)17-2/h4-7,10-11,15H,3,8-9H2,1-2H3. The van der Waals surface area contributed by atoms with Crippen molar-refractivity contribution in [2.75, 3.05) is 19.0 Å². The van der Waals surface area contributed by atoms with E-state index in [-0.39, 0.29) is 5.97 Å². The molecule has 2 rings (SSSR count). The van der Waals surface area contributed by atoms with Gasteiger partial charge in [-0.05, 0) is 31.9 Å². The van der Waals surface area contributed by atoms with Gasteiger partial charge in [0.2, 0.25) is 0 Å². The molecule has 0 radical (unpaired) electrons. The lowest BCUT2D eigenvalue weighted by Gasteiger charge is -2.35. The highest BCUT2D eigenvalue weighted by Crippen LogP contribution is 2.27. The molecule has 0 saturated heterocycles. The van der Waals surface area contributed by atoms with Crippen LogP contribution in [0.1, 0.15) is 30.1 Å². The van der Waals surface area contributed by atoms with E-state index >= 15 is 0 Å². The summed E-state index contributed by atoms with van der Waals surface area (Å²) in [5.74, 6) is -0.275. The van der Waals surface area contributed by atoms with E-state index in [2.05, 4.69) is 5.32 Å². The second-order valence-corrected chi connectivity index (χ2v) is 4.44. The minimum atomic E-state index is -0.275. The highest BCUT2D eigenvalue weighted by Gasteiger charge is 2.29. The van der Waals surface area contributed by atoms with Gasteiger partial charge in [-0.3, -0.25) is 0 Å². The number of esters is 1. The van der Waals surface area contributed by atoms with Gasteiger partial charge >= 0.3 is 5.97 Å². The quantitative estimate of drug-likeness (QED) is 0.814. The highest BCUT2D eigenvalue weighted by atomic mass is 16.5. The van der Waals surface area contributed by atoms with Crippen molar-refractivity contribution in [2.45, 2.75) is 31.9 Å². The van der Waals surface area contributed by atoms with Gasteiger partial charge in [0.05, 0.1) is 18.3 Å². The fourth-order valence-electron chi connectivity index (χ4n) is 2.09. The van der Waals surface area contributed by atoms with Crippen molar-refractivity contribution in [2.24, 2.45) is 0 Å². The van der Waals surface area contributed by atoms with Crippen LogP contribution in [0.4, 0.5) is 5.69 Å². The van der Waals surface area contributed by atoms with E-state index in [0.29, 0.717) is 24.3 Å². The van der Waals surface area contributed by atoms with Crippen molar-refractivity contribution in [3.8, 4) is 0 Å². The zero-order valence-corrected chi connectivity index (χ0v) is 10.8. The monoisotopic (exact) mass is 249 g/mol. The Hall–Kier alpha value is -1.55. The molecule has 0 heterocycles. The second-order valence-electron chi connectivity index (χ2n) is 4.44. The third-order valence-corrected chi connectivity index (χ3v) is 3.21. The highest BCUT2D eigenvalue weighted by molar-refractivity contribution is 5.95. The molecule has 1 aliphatic carbocycles. The van der Waals surface area contributed by atoms with Crippen molar-refractivity contribution >= 4 is 11.7 Å². The summed E-state index contributed by atoms with van der Waals surface area (Å²) in [4.78, 5) is 11.8. The van der Waals surface area contributed by atoms with Crippen molar-refractivity contribution in [1.82, 2.24) is 0 Å². The number of ether oxygens (including phenoxy) is 2. The molecular formula is C14H19NO3. The van der Waals surface area contributed by atoms with Gasteiger partial charge in [-0.25, -0.2) is 4.79 Å². The lowest BCUT2D eigenvalue weighted by molar-refractivity contribution is 0.0328. The maximum absolute atomic E-state index is 11.8. The van der Waals surface area contributed by atoms with Gasteiger partial charge in [0.25, 0.3) is 0 Å². The predicted molar refractivity (Wildman–Crippen MR) is 69.8 cm³/mol. The van der Waals surface area contributed by atoms with Gasteiger partial charge < -0.3 is 14.8 Å². The van der Waals surface area contributed by atoms with Gasteiger partial charge in [0.15, 0.2) is 0 Å². The summed E-state index contributed by atoms with van der Waals surface area (Å²) in [6.45, 7) is 2.20. The SMILES string of the molecule is CCOC(=O)c1ccccc1NC1CC(OC)C1. The summed E-state index contributed by atoms with van der Waals surface area (Å²) in [5.41, 5.74) is 1.44. The van der Waals surface area contributed by atoms with Crippen LogP contribution >= 0.6 is 0 Å². The van der Waals surface area contributed by atoms with Crippen LogP contribution in [-0.2, 0) is 9.47 Å². The molecule has 4 heteroatoms. The molecule has 0 amide bonds. The van der Waals surface area contributed by atoms with E-state index in [4.69, 9.17) is 9.47 Å². The maximum Gasteiger partial charge on any atom is 0.340 e. The van der Waals surface area contributed by atoms with E-state index in [1.54, 1.807) is 13.2 Å². The zero-order chi connectivity index (χ0) is 13.0. The number of nitrogens with one attached hydrogen (secondary N) is 1. The van der Waals surface area contributed by atoms with E-state index in [9.17, 15) is 4.79 Å². The average molecular weight is 249 g/mol. The van der Waals surface area contributed by atoms with Crippen LogP contribution in [-0.4, -0.2) is 31.8 Å². The molecule has 18 heavy (non-hydrogen) atoms. The van der Waals surface area contributed by atoms with Crippen LogP contribution in [0.25, 0.3) is 0 Å². The fraction of sp³-hybridized carbons (Fsp3) is 0.500. The summed E-state index contributed by atoms with van der Waals surface area (Å²) < 4.78 is 10.3. The molecule has 1 saturated carbocycles. The predicted octanol–water partition coefficient (Wildman–Crippen LogP) is 2.45. The van der Waals surface area contributed by atoms with Crippen LogP contribution in [0.2, 0.25) is 0 Å². The molecule has 1 fully saturated rings. The molecule has 1 aromatic carbocycles. The zero-order valence-electron chi connectivity index (χ0n) is 10.8. The molecule has 1 aromatic rings. The number of carbonyl (C=O) groups is 1. The Bertz CT molecular complexity index is 413. The minimum Gasteiger partial charge on any atom is -0.462 e. The largest absolute Gasteiger partial charge is 0.462 e. The Morgan fingerprint density at radius 3 is 2.78 bits per heavy atom. The number of hydrogen-bond acceptors (Lipinski definition) is 4. The third-order valence-electron chi connectivity index (χ3n) is 3.21. The topological polar surface area (TPSA) is 47.6 Å². The molecule has 0 aromatic heterocycles. The molecule has 1 N–H and O–H groups in total. The van der Waals surface area contributed by atoms with Gasteiger partial charge in [0.1, 0.15) is 0 Å². The van der Waals surface area contributed by atoms with Crippen molar-refractivity contribution < 1.29 is 14.3 Å². The number of methoxy groups -OCH3 is 1. The van der Waals surface area contributed by atoms with Gasteiger partial charge in [0, 0.05) is 18.8 Å². The van der Waals surface area contributed by atoms with Crippen molar-refractivity contribution in [3.63, 3.8) is 0 Å². The molecule has 0 atom stereocenters. The molecule has 1 aliphatic rings. The Morgan fingerprint density at radius 1 is 1.39 bits per heavy atom. The van der Waals surface area contributed by atoms with E-state index < -0.39 is 0 Å². The number of carbonyl (C=O) groups excluding carboxylic acids is 1. The molecule has 0 spiro atoms. The molecule has 4 nitrogen and oxygen atoms in total. The Kier molecular flexibility index (Phi) is 4.20. The molecular weight excluding hydrogens is 230 g/mol. The van der Waals surface area contributed by atoms with Crippen LogP contribution in [0, 0.1) is 0 Å². The van der Waals surface area contributed by atoms with E-state index in [1.165, 1.54) is 0 Å². The number of para-hydroxylation sites is 1. The first-order valence-corrected chi connectivity index (χ1v) is 6.30. The smallest absolute Gasteiger partial charge is 0.340 e. The molecule has 98 valence electrons. The van der Waals surface area contributed by atoms with Crippen LogP contribution in [0.5, 0.6) is 0 Å². The first-order chi connectivity index (χ1) is 8.74. The Morgan fingerprint density at radius 2 is 2.11 bits per heavy atom. The van der Waals surface area contributed by atoms with Crippen molar-refractivity contribution in [1.29, 1.82) is 0 Å². The third kappa shape index (κ3) is 2.82. The summed E-state index contributed by atoms with van der Waals surface area (Å²) >= 11 is 0. The first-order valence-electron chi connectivity index (χ1n) is 6.30. The summed E-state index contributed by atoms with van der Waals surface area (Å²) in [6, 6.07) is 7.83. The Balaban J connectivity index is 2.02. The van der Waals surface area contributed by atoms with Gasteiger partial charge in [-0.15, -0.1) is 0 Å². The molecule has 0 unspecified atom stereocenters. The summed E-state index contributed by atoms with van der Waals surface area (Å²) in [5, 5.41) is 3.37. The van der Waals surface area contributed by atoms with E-state index in [1.807, 2.05) is 25.1 Å². The maximum atomic E-state index is 11.8. The van der Waals surface area contributed by atoms with Crippen molar-refractivity contribution in [3.05, 3.63) is 29.8 Å². The van der Waals surface area contributed by atoms with Crippen LogP contribution in [0.15, 0.2) is 24.3 Å². The van der Waals surface area contributed by atoms with Gasteiger partial charge in [-0.1, -0.05) is 12.1 Å². The first kappa shape index (κ1) is 12.9. The lowest BCUT2D eigenvalue weighted by atomic mass is 9.89. The summed E-state index contributed by atoms with van der Waals surface area (Å²) in [6.07, 6.45) is 2.30. The molecule has 0 bridgehead atoms. The van der Waals surface area contributed by atoms with E-state index in [0.717, 1.165) is 18.5 Å². The van der Waals surface area contributed by atoms with Crippen LogP contribution in [0.3, 0.4) is 0 Å². The number of hydrogen-bond donors (Lipinski definition) is 1. The fourth-order valence-corrected chi connectivity index (χ4v) is 2.09. The molecule has 0 aliphatic heterocycles.